The maximum Gasteiger partial charge on any atom is 0.331 e. The molecule has 1 N–H and O–H groups in total. The number of aliphatic hydroxyl groups excluding tert-OH is 1. The third-order valence-electron chi connectivity index (χ3n) is 14.5. The molecule has 1 aliphatic rings. The minimum atomic E-state index is -2.18. The molecule has 59 heavy (non-hydrogen) atoms. The van der Waals surface area contributed by atoms with Crippen LogP contribution in [0.2, 0.25) is 54.4 Å². The first-order valence-corrected chi connectivity index (χ1v) is 31.6. The largest absolute Gasteiger partial charge is 0.458 e. The predicted octanol–water partition coefficient (Wildman–Crippen LogP) is 14.2. The Kier molecular flexibility index (Phi) is 21.6. The molecular formula is C50H94O6Si3. The van der Waals surface area contributed by atoms with E-state index in [4.69, 9.17) is 18.0 Å². The fraction of sp³-hybridized carbons (Fsp3) is 0.780. The lowest BCUT2D eigenvalue weighted by atomic mass is 9.82. The SMILES string of the molecule is C=C/C=C\[C@H](C)[C@@H]1OC(=O)/C=C\C=C\[C@H](C)C(O[Si](C)(C)C(C)(C)C)CC(O[Si](C)(C)C(C)(C)C)/C=C\[C@H](C)[C@H](O)[C@@H](C)C[C@H](C)CC[C@@H](O[Si](C)(C)C(C)(C)C)[C@@H]1C. The number of allylic oxidation sites excluding steroid dienone is 4. The minimum absolute atomic E-state index is 0.0254. The first kappa shape index (κ1) is 55.7. The van der Waals surface area contributed by atoms with E-state index in [0.717, 1.165) is 19.3 Å². The second-order valence-electron chi connectivity index (χ2n) is 23.0. The Morgan fingerprint density at radius 1 is 0.729 bits per heavy atom. The van der Waals surface area contributed by atoms with Crippen LogP contribution >= 0.6 is 0 Å². The van der Waals surface area contributed by atoms with Crippen LogP contribution in [0.3, 0.4) is 0 Å². The second-order valence-corrected chi connectivity index (χ2v) is 37.2. The van der Waals surface area contributed by atoms with E-state index in [9.17, 15) is 9.90 Å². The fourth-order valence-electron chi connectivity index (χ4n) is 7.07. The van der Waals surface area contributed by atoms with Crippen LogP contribution in [0, 0.1) is 35.5 Å². The van der Waals surface area contributed by atoms with Gasteiger partial charge in [-0.15, -0.1) is 0 Å². The molecule has 9 heteroatoms. The van der Waals surface area contributed by atoms with Crippen LogP contribution in [0.5, 0.6) is 0 Å². The third-order valence-corrected chi connectivity index (χ3v) is 28.0. The zero-order valence-electron chi connectivity index (χ0n) is 42.1. The molecule has 0 spiro atoms. The molecule has 0 saturated carbocycles. The van der Waals surface area contributed by atoms with Gasteiger partial charge in [0.1, 0.15) is 6.10 Å². The maximum atomic E-state index is 13.7. The second kappa shape index (κ2) is 22.8. The molecule has 2 unspecified atom stereocenters. The van der Waals surface area contributed by atoms with E-state index in [-0.39, 0.29) is 69.0 Å². The van der Waals surface area contributed by atoms with Gasteiger partial charge in [-0.05, 0) is 91.4 Å². The highest BCUT2D eigenvalue weighted by Gasteiger charge is 2.44. The Bertz CT molecular complexity index is 1410. The summed E-state index contributed by atoms with van der Waals surface area (Å²) in [5.74, 6) is -0.0143. The van der Waals surface area contributed by atoms with Crippen molar-refractivity contribution in [3.63, 3.8) is 0 Å². The molecule has 1 heterocycles. The summed E-state index contributed by atoms with van der Waals surface area (Å²) in [6, 6.07) is 0. The standard InChI is InChI=1S/C50H94O6Si3/c1-23-24-27-39(5)47-41(7)43(55-58(19,20)49(11,12)13)33-30-36(2)34-40(6)46(52)38(4)31-32-42(54-57(17,18)48(8,9)10)35-44(56-59(21,22)50(14,15)16)37(3)28-25-26-29-45(51)53-47/h23-29,31-32,36-44,46-47,52H,1,30,33-35H2,2-22H3/b27-24-,28-25+,29-26-,32-31-/t36-,37+,38+,39+,40+,41+,42?,43-,44?,46+,47+/m1/s1. The van der Waals surface area contributed by atoms with Crippen LogP contribution < -0.4 is 0 Å². The number of hydrogen-bond acceptors (Lipinski definition) is 6. The van der Waals surface area contributed by atoms with Crippen LogP contribution in [0.1, 0.15) is 130 Å². The summed E-state index contributed by atoms with van der Waals surface area (Å²) in [5.41, 5.74) is 0. The molecule has 0 saturated heterocycles. The number of carbonyl (C=O) groups is 1. The lowest BCUT2D eigenvalue weighted by molar-refractivity contribution is -0.150. The van der Waals surface area contributed by atoms with Gasteiger partial charge in [-0.25, -0.2) is 4.79 Å². The number of carbonyl (C=O) groups excluding carboxylic acids is 1. The summed E-state index contributed by atoms with van der Waals surface area (Å²) in [4.78, 5) is 13.7. The monoisotopic (exact) mass is 875 g/mol. The summed E-state index contributed by atoms with van der Waals surface area (Å²) in [5, 5.41) is 11.9. The van der Waals surface area contributed by atoms with Gasteiger partial charge < -0.3 is 23.1 Å². The summed E-state index contributed by atoms with van der Waals surface area (Å²) in [6.07, 6.45) is 19.8. The van der Waals surface area contributed by atoms with Crippen molar-refractivity contribution in [2.75, 3.05) is 0 Å². The molecule has 0 aromatic carbocycles. The molecule has 1 rings (SSSR count). The first-order valence-electron chi connectivity index (χ1n) is 22.9. The smallest absolute Gasteiger partial charge is 0.331 e. The molecule has 0 aromatic heterocycles. The molecule has 0 radical (unpaired) electrons. The third kappa shape index (κ3) is 17.7. The van der Waals surface area contributed by atoms with Crippen LogP contribution in [-0.4, -0.2) is 66.5 Å². The molecule has 11 atom stereocenters. The zero-order chi connectivity index (χ0) is 45.9. The lowest BCUT2D eigenvalue weighted by Crippen LogP contribution is -2.48. The topological polar surface area (TPSA) is 74.2 Å². The first-order chi connectivity index (χ1) is 26.7. The highest BCUT2D eigenvalue weighted by molar-refractivity contribution is 6.75. The van der Waals surface area contributed by atoms with Crippen molar-refractivity contribution in [3.05, 3.63) is 61.3 Å². The summed E-state index contributed by atoms with van der Waals surface area (Å²) < 4.78 is 28.0. The molecule has 0 bridgehead atoms. The van der Waals surface area contributed by atoms with Crippen molar-refractivity contribution in [1.29, 1.82) is 0 Å². The normalized spacial score (nSPS) is 32.3. The lowest BCUT2D eigenvalue weighted by Gasteiger charge is -2.43. The van der Waals surface area contributed by atoms with Crippen molar-refractivity contribution in [3.8, 4) is 0 Å². The molecule has 1 aliphatic heterocycles. The highest BCUT2D eigenvalue weighted by atomic mass is 28.4. The van der Waals surface area contributed by atoms with E-state index in [1.807, 2.05) is 12.2 Å². The van der Waals surface area contributed by atoms with Crippen LogP contribution in [0.25, 0.3) is 0 Å². The molecule has 342 valence electrons. The van der Waals surface area contributed by atoms with Gasteiger partial charge in [0.15, 0.2) is 25.0 Å². The van der Waals surface area contributed by atoms with Crippen molar-refractivity contribution in [2.24, 2.45) is 35.5 Å². The van der Waals surface area contributed by atoms with Crippen LogP contribution in [0.15, 0.2) is 61.3 Å². The Morgan fingerprint density at radius 3 is 1.75 bits per heavy atom. The van der Waals surface area contributed by atoms with E-state index >= 15 is 0 Å². The molecular weight excluding hydrogens is 781 g/mol. The highest BCUT2D eigenvalue weighted by Crippen LogP contribution is 2.42. The maximum absolute atomic E-state index is 13.7. The van der Waals surface area contributed by atoms with Gasteiger partial charge in [-0.1, -0.05) is 159 Å². The van der Waals surface area contributed by atoms with E-state index in [1.54, 1.807) is 18.2 Å². The Labute approximate surface area is 368 Å². The molecule has 6 nitrogen and oxygen atoms in total. The van der Waals surface area contributed by atoms with Gasteiger partial charge in [0.2, 0.25) is 0 Å². The average Bonchev–Trinajstić information content (AvgIpc) is 3.08. The van der Waals surface area contributed by atoms with Gasteiger partial charge in [0, 0.05) is 30.3 Å². The molecule has 0 aromatic rings. The van der Waals surface area contributed by atoms with E-state index in [2.05, 4.69) is 174 Å². The number of esters is 1. The van der Waals surface area contributed by atoms with Gasteiger partial charge in [0.05, 0.1) is 24.4 Å². The quantitative estimate of drug-likeness (QED) is 0.108. The summed E-state index contributed by atoms with van der Waals surface area (Å²) in [6.45, 7) is 51.4. The van der Waals surface area contributed by atoms with Gasteiger partial charge in [-0.3, -0.25) is 0 Å². The van der Waals surface area contributed by atoms with E-state index < -0.39 is 37.2 Å². The fourth-order valence-corrected chi connectivity index (χ4v) is 11.2. The van der Waals surface area contributed by atoms with E-state index in [1.165, 1.54) is 0 Å². The molecule has 0 amide bonds. The van der Waals surface area contributed by atoms with Crippen LogP contribution in [-0.2, 0) is 22.8 Å². The molecule has 0 fully saturated rings. The van der Waals surface area contributed by atoms with Crippen molar-refractivity contribution >= 4 is 30.9 Å². The zero-order valence-corrected chi connectivity index (χ0v) is 45.1. The minimum Gasteiger partial charge on any atom is -0.458 e. The number of hydrogen-bond donors (Lipinski definition) is 1. The number of cyclic esters (lactones) is 1. The van der Waals surface area contributed by atoms with Crippen molar-refractivity contribution < 1.29 is 27.9 Å². The summed E-state index contributed by atoms with van der Waals surface area (Å²) >= 11 is 0. The van der Waals surface area contributed by atoms with Gasteiger partial charge >= 0.3 is 5.97 Å². The Morgan fingerprint density at radius 2 is 1.24 bits per heavy atom. The Hall–Kier alpha value is -1.34. The van der Waals surface area contributed by atoms with Gasteiger partial charge in [-0.2, -0.15) is 0 Å². The number of ether oxygens (including phenoxy) is 1. The number of rotatable bonds is 9. The average molecular weight is 876 g/mol. The van der Waals surface area contributed by atoms with E-state index in [0.29, 0.717) is 12.3 Å². The number of aliphatic hydroxyl groups is 1. The van der Waals surface area contributed by atoms with Crippen LogP contribution in [0.4, 0.5) is 0 Å². The summed E-state index contributed by atoms with van der Waals surface area (Å²) in [7, 11) is -6.54. The Balaban J connectivity index is 3.92. The van der Waals surface area contributed by atoms with Crippen molar-refractivity contribution in [1.82, 2.24) is 0 Å². The van der Waals surface area contributed by atoms with Crippen molar-refractivity contribution in [2.45, 2.75) is 214 Å². The molecule has 0 aliphatic carbocycles. The van der Waals surface area contributed by atoms with Gasteiger partial charge in [0.25, 0.3) is 0 Å². The predicted molar refractivity (Wildman–Crippen MR) is 262 cm³/mol.